The predicted molar refractivity (Wildman–Crippen MR) is 97.0 cm³/mol. The third-order valence-corrected chi connectivity index (χ3v) is 4.31. The molecule has 1 aromatic heterocycles. The van der Waals surface area contributed by atoms with Crippen LogP contribution in [0.4, 0.5) is 4.39 Å². The van der Waals surface area contributed by atoms with Crippen LogP contribution in [0.5, 0.6) is 0 Å². The number of aromatic nitrogens is 1. The summed E-state index contributed by atoms with van der Waals surface area (Å²) >= 11 is 5.91. The molecule has 0 saturated carbocycles. The van der Waals surface area contributed by atoms with Gasteiger partial charge in [0.05, 0.1) is 0 Å². The second-order valence-corrected chi connectivity index (χ2v) is 6.30. The van der Waals surface area contributed by atoms with E-state index in [1.165, 1.54) is 24.3 Å². The summed E-state index contributed by atoms with van der Waals surface area (Å²) in [7, 11) is 0. The number of nitrogens with zero attached hydrogens (tertiary/aromatic N) is 1. The van der Waals surface area contributed by atoms with Crippen molar-refractivity contribution in [1.82, 2.24) is 0 Å². The van der Waals surface area contributed by atoms with Crippen LogP contribution < -0.4 is 17.0 Å². The zero-order valence-electron chi connectivity index (χ0n) is 14.0. The van der Waals surface area contributed by atoms with Crippen molar-refractivity contribution < 1.29 is 26.2 Å². The fourth-order valence-electron chi connectivity index (χ4n) is 2.64. The number of halogens is 3. The molecule has 0 aliphatic heterocycles. The molecule has 0 aliphatic rings. The lowest BCUT2D eigenvalue weighted by atomic mass is 10.1. The highest BCUT2D eigenvalue weighted by Gasteiger charge is 2.08. The number of carbonyl (C=O) groups is 1. The quantitative estimate of drug-likeness (QED) is 0.467. The molecule has 0 saturated heterocycles. The molecule has 2 aromatic carbocycles. The monoisotopic (exact) mass is 389 g/mol. The third-order valence-electron chi connectivity index (χ3n) is 4.06. The van der Waals surface area contributed by atoms with Gasteiger partial charge in [-0.2, -0.15) is 0 Å². The number of aryl methyl sites for hydroxylation is 1. The molecule has 2 nitrogen and oxygen atoms in total. The zero-order chi connectivity index (χ0) is 17.6. The molecule has 0 atom stereocenters. The molecule has 0 unspecified atom stereocenters. The molecule has 0 aliphatic carbocycles. The number of pyridine rings is 1. The van der Waals surface area contributed by atoms with Crippen LogP contribution in [-0.2, 0) is 6.54 Å². The van der Waals surface area contributed by atoms with E-state index in [9.17, 15) is 9.18 Å². The van der Waals surface area contributed by atoms with Crippen molar-refractivity contribution in [3.63, 3.8) is 0 Å². The maximum Gasteiger partial charge on any atom is 0.169 e. The van der Waals surface area contributed by atoms with Gasteiger partial charge in [0.1, 0.15) is 12.4 Å². The maximum absolute atomic E-state index is 12.9. The van der Waals surface area contributed by atoms with Crippen LogP contribution in [0.1, 0.15) is 23.2 Å². The second-order valence-electron chi connectivity index (χ2n) is 5.87. The van der Waals surface area contributed by atoms with Crippen LogP contribution in [0.2, 0.25) is 5.02 Å². The van der Waals surface area contributed by atoms with Crippen LogP contribution in [0.25, 0.3) is 11.1 Å². The number of hydrogen-bond acceptors (Lipinski definition) is 1. The number of rotatable bonds is 6. The Morgan fingerprint density at radius 1 is 0.885 bits per heavy atom. The van der Waals surface area contributed by atoms with E-state index in [1.807, 2.05) is 48.8 Å². The van der Waals surface area contributed by atoms with E-state index in [-0.39, 0.29) is 24.0 Å². The van der Waals surface area contributed by atoms with Gasteiger partial charge < -0.3 is 12.4 Å². The average molecular weight is 390 g/mol. The van der Waals surface area contributed by atoms with Crippen LogP contribution in [0.3, 0.4) is 0 Å². The highest BCUT2D eigenvalue weighted by Crippen LogP contribution is 2.20. The molecule has 0 N–H and O–H groups in total. The fraction of sp³-hybridized carbons (Fsp3) is 0.143. The molecular formula is C21H18Cl2FNO. The van der Waals surface area contributed by atoms with Crippen LogP contribution in [-0.4, -0.2) is 5.78 Å². The Balaban J connectivity index is 0.00000243. The summed E-state index contributed by atoms with van der Waals surface area (Å²) in [4.78, 5) is 12.1. The first-order valence-corrected chi connectivity index (χ1v) is 8.53. The Labute approximate surface area is 163 Å². The third kappa shape index (κ3) is 5.38. The summed E-state index contributed by atoms with van der Waals surface area (Å²) in [6.07, 6.45) is 5.19. The minimum absolute atomic E-state index is 0. The minimum Gasteiger partial charge on any atom is -1.00 e. The highest BCUT2D eigenvalue weighted by molar-refractivity contribution is 6.30. The van der Waals surface area contributed by atoms with Gasteiger partial charge in [-0.3, -0.25) is 4.79 Å². The SMILES string of the molecule is O=C(CCC[n+]1ccc(-c2ccc(Cl)cc2)cc1)c1ccc(F)cc1.[Cl-]. The van der Waals surface area contributed by atoms with Gasteiger partial charge >= 0.3 is 0 Å². The van der Waals surface area contributed by atoms with Crippen LogP contribution in [0, 0.1) is 5.82 Å². The highest BCUT2D eigenvalue weighted by atomic mass is 35.5. The molecule has 0 radical (unpaired) electrons. The van der Waals surface area contributed by atoms with E-state index in [0.29, 0.717) is 12.0 Å². The minimum atomic E-state index is -0.326. The van der Waals surface area contributed by atoms with Crippen LogP contribution >= 0.6 is 11.6 Å². The number of ketones is 1. The van der Waals surface area contributed by atoms with E-state index in [1.54, 1.807) is 0 Å². The first-order chi connectivity index (χ1) is 12.1. The predicted octanol–water partition coefficient (Wildman–Crippen LogP) is 2.10. The van der Waals surface area contributed by atoms with Gasteiger partial charge in [-0.25, -0.2) is 8.96 Å². The topological polar surface area (TPSA) is 20.9 Å². The van der Waals surface area contributed by atoms with Gasteiger partial charge in [0, 0.05) is 35.6 Å². The van der Waals surface area contributed by atoms with Crippen molar-refractivity contribution in [3.8, 4) is 11.1 Å². The molecule has 3 rings (SSSR count). The lowest BCUT2D eigenvalue weighted by Gasteiger charge is -2.02. The molecule has 3 aromatic rings. The van der Waals surface area contributed by atoms with Gasteiger partial charge in [0.2, 0.25) is 0 Å². The van der Waals surface area contributed by atoms with Crippen molar-refractivity contribution in [2.45, 2.75) is 19.4 Å². The summed E-state index contributed by atoms with van der Waals surface area (Å²) in [6, 6.07) is 17.5. The Morgan fingerprint density at radius 2 is 1.46 bits per heavy atom. The van der Waals surface area contributed by atoms with Crippen molar-refractivity contribution in [2.75, 3.05) is 0 Å². The van der Waals surface area contributed by atoms with Crippen molar-refractivity contribution in [3.05, 3.63) is 89.5 Å². The largest absolute Gasteiger partial charge is 1.00 e. The number of benzene rings is 2. The van der Waals surface area contributed by atoms with E-state index < -0.39 is 0 Å². The smallest absolute Gasteiger partial charge is 0.169 e. The number of carbonyl (C=O) groups excluding carboxylic acids is 1. The molecule has 0 fully saturated rings. The Bertz CT molecular complexity index is 847. The van der Waals surface area contributed by atoms with Gasteiger partial charge in [0.25, 0.3) is 0 Å². The molecule has 1 heterocycles. The molecule has 0 amide bonds. The average Bonchev–Trinajstić information content (AvgIpc) is 2.63. The standard InChI is InChI=1S/C21H18ClFNO.ClH/c22-19-7-3-16(4-8-19)17-11-14-24(15-12-17)13-1-2-21(25)18-5-9-20(23)10-6-18;/h3-12,14-15H,1-2,13H2;1H/q+1;/p-1. The van der Waals surface area contributed by atoms with Crippen LogP contribution in [0.15, 0.2) is 73.1 Å². The first-order valence-electron chi connectivity index (χ1n) is 8.16. The second kappa shape index (κ2) is 9.46. The van der Waals surface area contributed by atoms with Gasteiger partial charge in [-0.05, 0) is 47.5 Å². The lowest BCUT2D eigenvalue weighted by Crippen LogP contribution is -3.00. The molecule has 0 bridgehead atoms. The first kappa shape index (κ1) is 20.1. The molecular weight excluding hydrogens is 372 g/mol. The fourth-order valence-corrected chi connectivity index (χ4v) is 2.77. The van der Waals surface area contributed by atoms with E-state index in [0.717, 1.165) is 29.1 Å². The summed E-state index contributed by atoms with van der Waals surface area (Å²) in [5, 5.41) is 0.723. The zero-order valence-corrected chi connectivity index (χ0v) is 15.6. The van der Waals surface area contributed by atoms with E-state index >= 15 is 0 Å². The summed E-state index contributed by atoms with van der Waals surface area (Å²) < 4.78 is 14.9. The summed E-state index contributed by atoms with van der Waals surface area (Å²) in [6.45, 7) is 0.758. The molecule has 134 valence electrons. The molecule has 26 heavy (non-hydrogen) atoms. The summed E-state index contributed by atoms with van der Waals surface area (Å²) in [5.74, 6) is -0.286. The van der Waals surface area contributed by atoms with Crippen molar-refractivity contribution >= 4 is 17.4 Å². The number of hydrogen-bond donors (Lipinski definition) is 0. The van der Waals surface area contributed by atoms with Gasteiger partial charge in [-0.1, -0.05) is 23.7 Å². The lowest BCUT2D eigenvalue weighted by molar-refractivity contribution is -0.697. The Kier molecular flexibility index (Phi) is 7.31. The molecule has 5 heteroatoms. The molecule has 0 spiro atoms. The summed E-state index contributed by atoms with van der Waals surface area (Å²) in [5.41, 5.74) is 2.79. The van der Waals surface area contributed by atoms with Gasteiger partial charge in [-0.15, -0.1) is 0 Å². The van der Waals surface area contributed by atoms with E-state index in [4.69, 9.17) is 11.6 Å². The van der Waals surface area contributed by atoms with Crippen molar-refractivity contribution in [2.24, 2.45) is 0 Å². The van der Waals surface area contributed by atoms with Crippen molar-refractivity contribution in [1.29, 1.82) is 0 Å². The van der Waals surface area contributed by atoms with E-state index in [2.05, 4.69) is 4.57 Å². The Hall–Kier alpha value is -2.23. The Morgan fingerprint density at radius 3 is 2.08 bits per heavy atom. The number of Topliss-reactive ketones (excluding diaryl/α,β-unsaturated/α-hetero) is 1. The normalized spacial score (nSPS) is 10.2. The maximum atomic E-state index is 12.9. The van der Waals surface area contributed by atoms with Gasteiger partial charge in [0.15, 0.2) is 18.2 Å².